The third-order valence-corrected chi connectivity index (χ3v) is 2.99. The molecule has 0 aliphatic rings. The Bertz CT molecular complexity index is 383. The molecule has 0 aliphatic carbocycles. The normalized spacial score (nSPS) is 13.4. The molecule has 3 heteroatoms. The lowest BCUT2D eigenvalue weighted by atomic mass is 9.86. The van der Waals surface area contributed by atoms with Gasteiger partial charge in [-0.25, -0.2) is 0 Å². The average molecular weight is 251 g/mol. The second kappa shape index (κ2) is 6.21. The van der Waals surface area contributed by atoms with E-state index in [0.717, 1.165) is 11.3 Å². The molecule has 0 aliphatic heterocycles. The molecule has 0 spiro atoms. The number of aliphatic hydroxyl groups excluding tert-OH is 1. The molecule has 0 saturated heterocycles. The number of ether oxygens (including phenoxy) is 1. The van der Waals surface area contributed by atoms with Crippen molar-refractivity contribution in [2.24, 2.45) is 5.73 Å². The number of hydrogen-bond donors (Lipinski definition) is 2. The predicted molar refractivity (Wildman–Crippen MR) is 75.1 cm³/mol. The number of nitrogens with two attached hydrogens (primary N) is 1. The fraction of sp³-hybridized carbons (Fsp3) is 0.600. The molecule has 0 heterocycles. The van der Waals surface area contributed by atoms with E-state index in [9.17, 15) is 0 Å². The molecule has 0 amide bonds. The SMILES string of the molecule is Cc1cc(C(C)(C)C)ccc1OCC(N)CCO. The van der Waals surface area contributed by atoms with Crippen LogP contribution in [-0.2, 0) is 5.41 Å². The second-order valence-corrected chi connectivity index (χ2v) is 5.81. The van der Waals surface area contributed by atoms with Gasteiger partial charge >= 0.3 is 0 Å². The predicted octanol–water partition coefficient (Wildman–Crippen LogP) is 2.38. The molecule has 1 atom stereocenters. The van der Waals surface area contributed by atoms with E-state index in [1.807, 2.05) is 13.0 Å². The van der Waals surface area contributed by atoms with Gasteiger partial charge in [0.1, 0.15) is 12.4 Å². The van der Waals surface area contributed by atoms with E-state index in [1.54, 1.807) is 0 Å². The van der Waals surface area contributed by atoms with Crippen molar-refractivity contribution in [1.82, 2.24) is 0 Å². The summed E-state index contributed by atoms with van der Waals surface area (Å²) in [7, 11) is 0. The van der Waals surface area contributed by atoms with Crippen LogP contribution in [0.5, 0.6) is 5.75 Å². The molecule has 0 aromatic heterocycles. The summed E-state index contributed by atoms with van der Waals surface area (Å²) >= 11 is 0. The summed E-state index contributed by atoms with van der Waals surface area (Å²) < 4.78 is 5.68. The van der Waals surface area contributed by atoms with E-state index in [1.165, 1.54) is 5.56 Å². The van der Waals surface area contributed by atoms with Crippen LogP contribution in [0.2, 0.25) is 0 Å². The minimum atomic E-state index is -0.114. The Labute approximate surface area is 110 Å². The van der Waals surface area contributed by atoms with Crippen molar-refractivity contribution in [3.05, 3.63) is 29.3 Å². The van der Waals surface area contributed by atoms with E-state index in [0.29, 0.717) is 13.0 Å². The molecular weight excluding hydrogens is 226 g/mol. The lowest BCUT2D eigenvalue weighted by Crippen LogP contribution is -2.29. The Morgan fingerprint density at radius 2 is 2.00 bits per heavy atom. The Balaban J connectivity index is 2.69. The minimum absolute atomic E-state index is 0.104. The largest absolute Gasteiger partial charge is 0.492 e. The van der Waals surface area contributed by atoms with Crippen LogP contribution in [0.1, 0.15) is 38.3 Å². The van der Waals surface area contributed by atoms with Gasteiger partial charge in [0.05, 0.1) is 0 Å². The quantitative estimate of drug-likeness (QED) is 0.844. The molecular formula is C15H25NO2. The van der Waals surface area contributed by atoms with Crippen molar-refractivity contribution in [1.29, 1.82) is 0 Å². The number of aryl methyl sites for hydroxylation is 1. The molecule has 3 nitrogen and oxygen atoms in total. The van der Waals surface area contributed by atoms with Crippen molar-refractivity contribution in [2.45, 2.75) is 45.6 Å². The van der Waals surface area contributed by atoms with E-state index in [4.69, 9.17) is 15.6 Å². The smallest absolute Gasteiger partial charge is 0.122 e. The van der Waals surface area contributed by atoms with Gasteiger partial charge in [-0.1, -0.05) is 32.9 Å². The van der Waals surface area contributed by atoms with Gasteiger partial charge in [-0.3, -0.25) is 0 Å². The molecule has 18 heavy (non-hydrogen) atoms. The zero-order valence-corrected chi connectivity index (χ0v) is 11.9. The van der Waals surface area contributed by atoms with Crippen molar-refractivity contribution in [3.8, 4) is 5.75 Å². The molecule has 0 saturated carbocycles. The van der Waals surface area contributed by atoms with E-state index in [2.05, 4.69) is 32.9 Å². The van der Waals surface area contributed by atoms with E-state index in [-0.39, 0.29) is 18.1 Å². The van der Waals surface area contributed by atoms with Crippen molar-refractivity contribution < 1.29 is 9.84 Å². The summed E-state index contributed by atoms with van der Waals surface area (Å²) in [5.41, 5.74) is 8.37. The summed E-state index contributed by atoms with van der Waals surface area (Å²) in [6, 6.07) is 6.14. The molecule has 1 unspecified atom stereocenters. The molecule has 1 aromatic carbocycles. The first-order valence-corrected chi connectivity index (χ1v) is 6.45. The van der Waals surface area contributed by atoms with Gasteiger partial charge in [-0.05, 0) is 36.0 Å². The van der Waals surface area contributed by atoms with Crippen LogP contribution in [0.4, 0.5) is 0 Å². The highest BCUT2D eigenvalue weighted by molar-refractivity contribution is 5.38. The lowest BCUT2D eigenvalue weighted by molar-refractivity contribution is 0.233. The van der Waals surface area contributed by atoms with Crippen molar-refractivity contribution in [2.75, 3.05) is 13.2 Å². The third-order valence-electron chi connectivity index (χ3n) is 2.99. The van der Waals surface area contributed by atoms with E-state index < -0.39 is 0 Å². The highest BCUT2D eigenvalue weighted by atomic mass is 16.5. The standard InChI is InChI=1S/C15H25NO2/c1-11-9-12(15(2,3)4)5-6-14(11)18-10-13(16)7-8-17/h5-6,9,13,17H,7-8,10,16H2,1-4H3. The molecule has 3 N–H and O–H groups in total. The Morgan fingerprint density at radius 1 is 1.33 bits per heavy atom. The number of rotatable bonds is 5. The molecule has 0 radical (unpaired) electrons. The summed E-state index contributed by atoms with van der Waals surface area (Å²) in [4.78, 5) is 0. The molecule has 0 bridgehead atoms. The van der Waals surface area contributed by atoms with Crippen LogP contribution < -0.4 is 10.5 Å². The van der Waals surface area contributed by atoms with Gasteiger partial charge in [-0.15, -0.1) is 0 Å². The number of aliphatic hydroxyl groups is 1. The molecule has 0 fully saturated rings. The Kier molecular flexibility index (Phi) is 5.17. The van der Waals surface area contributed by atoms with Crippen LogP contribution in [0.3, 0.4) is 0 Å². The van der Waals surface area contributed by atoms with Crippen LogP contribution >= 0.6 is 0 Å². The lowest BCUT2D eigenvalue weighted by Gasteiger charge is -2.21. The maximum Gasteiger partial charge on any atom is 0.122 e. The van der Waals surface area contributed by atoms with Crippen molar-refractivity contribution in [3.63, 3.8) is 0 Å². The van der Waals surface area contributed by atoms with Gasteiger partial charge in [-0.2, -0.15) is 0 Å². The average Bonchev–Trinajstić information content (AvgIpc) is 2.26. The maximum absolute atomic E-state index is 8.78. The van der Waals surface area contributed by atoms with Crippen LogP contribution in [0, 0.1) is 6.92 Å². The van der Waals surface area contributed by atoms with Crippen LogP contribution in [0.15, 0.2) is 18.2 Å². The number of hydrogen-bond acceptors (Lipinski definition) is 3. The Morgan fingerprint density at radius 3 is 2.50 bits per heavy atom. The first-order chi connectivity index (χ1) is 8.34. The molecule has 1 rings (SSSR count). The number of benzene rings is 1. The highest BCUT2D eigenvalue weighted by Crippen LogP contribution is 2.27. The third kappa shape index (κ3) is 4.31. The molecule has 102 valence electrons. The highest BCUT2D eigenvalue weighted by Gasteiger charge is 2.15. The first kappa shape index (κ1) is 15.0. The topological polar surface area (TPSA) is 55.5 Å². The monoisotopic (exact) mass is 251 g/mol. The summed E-state index contributed by atoms with van der Waals surface area (Å²) in [5.74, 6) is 0.872. The van der Waals surface area contributed by atoms with E-state index >= 15 is 0 Å². The fourth-order valence-electron chi connectivity index (χ4n) is 1.72. The summed E-state index contributed by atoms with van der Waals surface area (Å²) in [6.45, 7) is 9.17. The van der Waals surface area contributed by atoms with Gasteiger partial charge in [0.25, 0.3) is 0 Å². The van der Waals surface area contributed by atoms with Crippen LogP contribution in [-0.4, -0.2) is 24.4 Å². The Hall–Kier alpha value is -1.06. The second-order valence-electron chi connectivity index (χ2n) is 5.81. The zero-order valence-electron chi connectivity index (χ0n) is 11.9. The summed E-state index contributed by atoms with van der Waals surface area (Å²) in [5, 5.41) is 8.78. The van der Waals surface area contributed by atoms with Gasteiger partial charge in [0, 0.05) is 12.6 Å². The zero-order chi connectivity index (χ0) is 13.8. The van der Waals surface area contributed by atoms with Crippen LogP contribution in [0.25, 0.3) is 0 Å². The van der Waals surface area contributed by atoms with Gasteiger partial charge in [0.15, 0.2) is 0 Å². The van der Waals surface area contributed by atoms with Crippen molar-refractivity contribution >= 4 is 0 Å². The van der Waals surface area contributed by atoms with Gasteiger partial charge in [0.2, 0.25) is 0 Å². The first-order valence-electron chi connectivity index (χ1n) is 6.45. The van der Waals surface area contributed by atoms with Gasteiger partial charge < -0.3 is 15.6 Å². The minimum Gasteiger partial charge on any atom is -0.492 e. The molecule has 1 aromatic rings. The fourth-order valence-corrected chi connectivity index (χ4v) is 1.72. The maximum atomic E-state index is 8.78. The summed E-state index contributed by atoms with van der Waals surface area (Å²) in [6.07, 6.45) is 0.569.